The molecule has 122 valence electrons. The second-order valence-electron chi connectivity index (χ2n) is 5.26. The van der Waals surface area contributed by atoms with E-state index in [4.69, 9.17) is 0 Å². The summed E-state index contributed by atoms with van der Waals surface area (Å²) in [6.45, 7) is 0. The predicted octanol–water partition coefficient (Wildman–Crippen LogP) is 5.21. The van der Waals surface area contributed by atoms with E-state index < -0.39 is 4.92 Å². The lowest BCUT2D eigenvalue weighted by atomic mass is 10.1. The van der Waals surface area contributed by atoms with E-state index in [-0.39, 0.29) is 5.69 Å². The van der Waals surface area contributed by atoms with Gasteiger partial charge in [0.15, 0.2) is 0 Å². The fraction of sp³-hybridized carbons (Fsp3) is 0. The van der Waals surface area contributed by atoms with Crippen LogP contribution in [0.2, 0.25) is 0 Å². The number of allylic oxidation sites excluding steroid dienone is 1. The number of nitriles is 1. The van der Waals surface area contributed by atoms with Crippen LogP contribution in [0.4, 0.5) is 5.69 Å². The van der Waals surface area contributed by atoms with E-state index in [0.717, 1.165) is 15.9 Å². The fourth-order valence-electron chi connectivity index (χ4n) is 2.46. The number of hydrogen-bond donors (Lipinski definition) is 0. The summed E-state index contributed by atoms with van der Waals surface area (Å²) in [6.07, 6.45) is 3.62. The maximum Gasteiger partial charge on any atom is 0.270 e. The van der Waals surface area contributed by atoms with Gasteiger partial charge in [0.1, 0.15) is 0 Å². The Labute approximate surface area is 152 Å². The molecule has 0 N–H and O–H groups in total. The summed E-state index contributed by atoms with van der Waals surface area (Å²) >= 11 is 3.41. The van der Waals surface area contributed by atoms with Gasteiger partial charge < -0.3 is 4.57 Å². The van der Waals surface area contributed by atoms with Crippen LogP contribution < -0.4 is 0 Å². The zero-order chi connectivity index (χ0) is 17.8. The Morgan fingerprint density at radius 1 is 1.16 bits per heavy atom. The first-order valence-electron chi connectivity index (χ1n) is 7.38. The number of nitrogens with zero attached hydrogens (tertiary/aromatic N) is 3. The molecule has 0 spiro atoms. The van der Waals surface area contributed by atoms with Gasteiger partial charge in [0.25, 0.3) is 5.69 Å². The average Bonchev–Trinajstić information content (AvgIpc) is 3.08. The first kappa shape index (κ1) is 16.7. The van der Waals surface area contributed by atoms with Gasteiger partial charge in [-0.2, -0.15) is 5.26 Å². The first-order valence-corrected chi connectivity index (χ1v) is 8.18. The number of halogens is 1. The SMILES string of the molecule is N#C/C(=C/c1cccn1-c1ccc(Br)cc1)c1cccc([N+](=O)[O-])c1. The Morgan fingerprint density at radius 3 is 2.60 bits per heavy atom. The van der Waals surface area contributed by atoms with E-state index in [0.29, 0.717) is 11.1 Å². The van der Waals surface area contributed by atoms with Gasteiger partial charge in [-0.1, -0.05) is 28.1 Å². The second kappa shape index (κ2) is 7.16. The van der Waals surface area contributed by atoms with Crippen LogP contribution in [0, 0.1) is 21.4 Å². The maximum absolute atomic E-state index is 10.9. The van der Waals surface area contributed by atoms with Crippen molar-refractivity contribution in [2.45, 2.75) is 0 Å². The Morgan fingerprint density at radius 2 is 1.92 bits per heavy atom. The van der Waals surface area contributed by atoms with E-state index in [1.165, 1.54) is 12.1 Å². The monoisotopic (exact) mass is 393 g/mol. The first-order chi connectivity index (χ1) is 12.1. The van der Waals surface area contributed by atoms with Crippen molar-refractivity contribution < 1.29 is 4.92 Å². The third-order valence-electron chi connectivity index (χ3n) is 3.67. The Hall–Kier alpha value is -3.17. The van der Waals surface area contributed by atoms with Crippen molar-refractivity contribution >= 4 is 33.3 Å². The topological polar surface area (TPSA) is 71.9 Å². The molecule has 1 heterocycles. The highest BCUT2D eigenvalue weighted by Gasteiger charge is 2.10. The summed E-state index contributed by atoms with van der Waals surface area (Å²) in [6, 6.07) is 19.8. The largest absolute Gasteiger partial charge is 0.317 e. The molecule has 2 aromatic carbocycles. The number of benzene rings is 2. The lowest BCUT2D eigenvalue weighted by Gasteiger charge is -2.07. The average molecular weight is 394 g/mol. The number of aromatic nitrogens is 1. The molecule has 3 rings (SSSR count). The molecule has 0 aliphatic rings. The molecule has 0 amide bonds. The smallest absolute Gasteiger partial charge is 0.270 e. The van der Waals surface area contributed by atoms with Crippen LogP contribution in [0.1, 0.15) is 11.3 Å². The van der Waals surface area contributed by atoms with Gasteiger partial charge in [0.05, 0.1) is 16.6 Å². The molecule has 6 heteroatoms. The van der Waals surface area contributed by atoms with Gasteiger partial charge >= 0.3 is 0 Å². The summed E-state index contributed by atoms with van der Waals surface area (Å²) < 4.78 is 2.93. The summed E-state index contributed by atoms with van der Waals surface area (Å²) in [7, 11) is 0. The van der Waals surface area contributed by atoms with Crippen molar-refractivity contribution in [1.82, 2.24) is 4.57 Å². The van der Waals surface area contributed by atoms with Gasteiger partial charge in [-0.05, 0) is 48.0 Å². The molecule has 0 bridgehead atoms. The highest BCUT2D eigenvalue weighted by Crippen LogP contribution is 2.24. The van der Waals surface area contributed by atoms with Crippen molar-refractivity contribution in [3.63, 3.8) is 0 Å². The van der Waals surface area contributed by atoms with Crippen LogP contribution in [0.15, 0.2) is 71.3 Å². The highest BCUT2D eigenvalue weighted by atomic mass is 79.9. The zero-order valence-electron chi connectivity index (χ0n) is 13.0. The van der Waals surface area contributed by atoms with Gasteiger partial charge in [-0.15, -0.1) is 0 Å². The molecule has 3 aromatic rings. The van der Waals surface area contributed by atoms with Gasteiger partial charge in [-0.3, -0.25) is 10.1 Å². The van der Waals surface area contributed by atoms with Crippen LogP contribution in [0.5, 0.6) is 0 Å². The summed E-state index contributed by atoms with van der Waals surface area (Å²) in [5, 5.41) is 20.4. The molecule has 25 heavy (non-hydrogen) atoms. The Kier molecular flexibility index (Phi) is 4.78. The van der Waals surface area contributed by atoms with Gasteiger partial charge in [0.2, 0.25) is 0 Å². The number of non-ortho nitro benzene ring substituents is 1. The van der Waals surface area contributed by atoms with Gasteiger partial charge in [0, 0.05) is 34.2 Å². The molecule has 0 aliphatic carbocycles. The molecular formula is C19H12BrN3O2. The van der Waals surface area contributed by atoms with Crippen LogP contribution in [-0.2, 0) is 0 Å². The summed E-state index contributed by atoms with van der Waals surface area (Å²) in [4.78, 5) is 10.5. The highest BCUT2D eigenvalue weighted by molar-refractivity contribution is 9.10. The zero-order valence-corrected chi connectivity index (χ0v) is 14.6. The molecule has 0 radical (unpaired) electrons. The van der Waals surface area contributed by atoms with E-state index in [1.54, 1.807) is 18.2 Å². The molecule has 0 unspecified atom stereocenters. The molecule has 0 saturated heterocycles. The van der Waals surface area contributed by atoms with E-state index in [2.05, 4.69) is 22.0 Å². The number of nitro groups is 1. The summed E-state index contributed by atoms with van der Waals surface area (Å²) in [5.41, 5.74) is 2.60. The molecule has 5 nitrogen and oxygen atoms in total. The third kappa shape index (κ3) is 3.67. The van der Waals surface area contributed by atoms with Crippen molar-refractivity contribution in [2.24, 2.45) is 0 Å². The molecule has 1 aromatic heterocycles. The van der Waals surface area contributed by atoms with E-state index in [9.17, 15) is 15.4 Å². The fourth-order valence-corrected chi connectivity index (χ4v) is 2.73. The lowest BCUT2D eigenvalue weighted by Crippen LogP contribution is -1.95. The van der Waals surface area contributed by atoms with Crippen molar-refractivity contribution in [2.75, 3.05) is 0 Å². The van der Waals surface area contributed by atoms with Crippen LogP contribution >= 0.6 is 15.9 Å². The van der Waals surface area contributed by atoms with Crippen LogP contribution in [0.25, 0.3) is 17.3 Å². The Balaban J connectivity index is 2.04. The van der Waals surface area contributed by atoms with Crippen LogP contribution in [-0.4, -0.2) is 9.49 Å². The standard InChI is InChI=1S/C19H12BrN3O2/c20-16-6-8-17(9-7-16)22-10-2-5-18(22)12-15(13-21)14-3-1-4-19(11-14)23(24)25/h1-12H/b15-12-. The van der Waals surface area contributed by atoms with Crippen LogP contribution in [0.3, 0.4) is 0 Å². The summed E-state index contributed by atoms with van der Waals surface area (Å²) in [5.74, 6) is 0. The quantitative estimate of drug-likeness (QED) is 0.346. The van der Waals surface area contributed by atoms with E-state index in [1.807, 2.05) is 47.2 Å². The third-order valence-corrected chi connectivity index (χ3v) is 4.19. The minimum Gasteiger partial charge on any atom is -0.317 e. The molecule has 0 saturated carbocycles. The predicted molar refractivity (Wildman–Crippen MR) is 100 cm³/mol. The molecule has 0 aliphatic heterocycles. The number of hydrogen-bond acceptors (Lipinski definition) is 3. The van der Waals surface area contributed by atoms with Gasteiger partial charge in [-0.25, -0.2) is 0 Å². The minimum atomic E-state index is -0.469. The van der Waals surface area contributed by atoms with Crippen molar-refractivity contribution in [1.29, 1.82) is 5.26 Å². The Bertz CT molecular complexity index is 998. The van der Waals surface area contributed by atoms with E-state index >= 15 is 0 Å². The van der Waals surface area contributed by atoms with Crippen molar-refractivity contribution in [3.8, 4) is 11.8 Å². The van der Waals surface area contributed by atoms with Crippen molar-refractivity contribution in [3.05, 3.63) is 92.7 Å². The maximum atomic E-state index is 10.9. The minimum absolute atomic E-state index is 0.0399. The normalized spacial score (nSPS) is 11.1. The molecule has 0 fully saturated rings. The second-order valence-corrected chi connectivity index (χ2v) is 6.17. The number of nitro benzene ring substituents is 1. The lowest BCUT2D eigenvalue weighted by molar-refractivity contribution is -0.384. The molecule has 0 atom stereocenters. The molecular weight excluding hydrogens is 382 g/mol. The number of rotatable bonds is 4.